The molecule has 2 aromatic rings. The summed E-state index contributed by atoms with van der Waals surface area (Å²) >= 11 is 0. The van der Waals surface area contributed by atoms with E-state index in [-0.39, 0.29) is 17.5 Å². The predicted octanol–water partition coefficient (Wildman–Crippen LogP) is 2.85. The summed E-state index contributed by atoms with van der Waals surface area (Å²) in [6.07, 6.45) is 3.33. The van der Waals surface area contributed by atoms with Crippen molar-refractivity contribution in [2.45, 2.75) is 45.7 Å². The third kappa shape index (κ3) is 3.78. The van der Waals surface area contributed by atoms with Crippen molar-refractivity contribution in [3.05, 3.63) is 47.2 Å². The maximum absolute atomic E-state index is 9.33. The van der Waals surface area contributed by atoms with Crippen LogP contribution in [0.4, 0.5) is 11.8 Å². The van der Waals surface area contributed by atoms with Gasteiger partial charge in [0.05, 0.1) is 6.20 Å². The van der Waals surface area contributed by atoms with Crippen molar-refractivity contribution < 1.29 is 0 Å². The molecule has 1 heterocycles. The van der Waals surface area contributed by atoms with Crippen LogP contribution in [0.5, 0.6) is 0 Å². The summed E-state index contributed by atoms with van der Waals surface area (Å²) in [5, 5.41) is 16.0. The van der Waals surface area contributed by atoms with Gasteiger partial charge in [0.25, 0.3) is 0 Å². The highest BCUT2D eigenvalue weighted by Gasteiger charge is 2.46. The lowest BCUT2D eigenvalue weighted by atomic mass is 9.63. The summed E-state index contributed by atoms with van der Waals surface area (Å²) in [7, 11) is 0. The van der Waals surface area contributed by atoms with Crippen molar-refractivity contribution in [1.82, 2.24) is 9.97 Å². The van der Waals surface area contributed by atoms with Crippen LogP contribution in [0.2, 0.25) is 0 Å². The number of nitrogens with zero attached hydrogens (tertiary/aromatic N) is 3. The number of aromatic nitrogens is 2. The number of benzene rings is 1. The largest absolute Gasteiger partial charge is 0.365 e. The number of anilines is 2. The van der Waals surface area contributed by atoms with Crippen molar-refractivity contribution >= 4 is 11.8 Å². The molecule has 0 spiro atoms. The number of rotatable bonds is 6. The van der Waals surface area contributed by atoms with E-state index >= 15 is 0 Å². The van der Waals surface area contributed by atoms with E-state index in [9.17, 15) is 5.26 Å². The molecule has 0 radical (unpaired) electrons. The maximum Gasteiger partial charge on any atom is 0.224 e. The lowest BCUT2D eigenvalue weighted by Gasteiger charge is -2.50. The molecule has 1 aromatic heterocycles. The van der Waals surface area contributed by atoms with E-state index in [1.807, 2.05) is 0 Å². The Labute approximate surface area is 154 Å². The van der Waals surface area contributed by atoms with Crippen LogP contribution in [-0.2, 0) is 6.42 Å². The fraction of sp³-hybridized carbons (Fsp3) is 0.450. The molecule has 1 fully saturated rings. The highest BCUT2D eigenvalue weighted by atomic mass is 15.2. The molecule has 1 aliphatic carbocycles. The van der Waals surface area contributed by atoms with Gasteiger partial charge < -0.3 is 16.4 Å². The predicted molar refractivity (Wildman–Crippen MR) is 104 cm³/mol. The normalized spacial score (nSPS) is 20.7. The molecule has 6 nitrogen and oxygen atoms in total. The second-order valence-electron chi connectivity index (χ2n) is 7.59. The Morgan fingerprint density at radius 1 is 1.38 bits per heavy atom. The summed E-state index contributed by atoms with van der Waals surface area (Å²) < 4.78 is 0. The number of nitrogens with one attached hydrogen (secondary N) is 2. The molecule has 1 aromatic carbocycles. The summed E-state index contributed by atoms with van der Waals surface area (Å²) in [6.45, 7) is 7.08. The fourth-order valence-electron chi connectivity index (χ4n) is 3.21. The first-order valence-electron chi connectivity index (χ1n) is 8.99. The second-order valence-corrected chi connectivity index (χ2v) is 7.59. The summed E-state index contributed by atoms with van der Waals surface area (Å²) in [5.74, 6) is 1.10. The fourth-order valence-corrected chi connectivity index (χ4v) is 3.21. The Bertz CT molecular complexity index is 823. The van der Waals surface area contributed by atoms with Crippen LogP contribution < -0.4 is 16.4 Å². The van der Waals surface area contributed by atoms with Crippen LogP contribution in [0.1, 0.15) is 37.0 Å². The smallest absolute Gasteiger partial charge is 0.224 e. The van der Waals surface area contributed by atoms with Crippen LogP contribution in [0.3, 0.4) is 0 Å². The van der Waals surface area contributed by atoms with Crippen molar-refractivity contribution in [2.24, 2.45) is 11.1 Å². The molecule has 0 unspecified atom stereocenters. The summed E-state index contributed by atoms with van der Waals surface area (Å²) in [4.78, 5) is 8.76. The zero-order valence-corrected chi connectivity index (χ0v) is 15.6. The van der Waals surface area contributed by atoms with Crippen molar-refractivity contribution in [3.63, 3.8) is 0 Å². The topological polar surface area (TPSA) is 99.7 Å². The molecule has 4 N–H and O–H groups in total. The van der Waals surface area contributed by atoms with Gasteiger partial charge in [0, 0.05) is 24.0 Å². The minimum absolute atomic E-state index is 0.0174. The first-order chi connectivity index (χ1) is 12.4. The van der Waals surface area contributed by atoms with Crippen LogP contribution >= 0.6 is 0 Å². The van der Waals surface area contributed by atoms with Gasteiger partial charge in [-0.2, -0.15) is 10.2 Å². The van der Waals surface area contributed by atoms with E-state index < -0.39 is 0 Å². The van der Waals surface area contributed by atoms with Gasteiger partial charge in [-0.25, -0.2) is 4.98 Å². The Kier molecular flexibility index (Phi) is 5.10. The third-order valence-electron chi connectivity index (χ3n) is 5.34. The molecule has 0 bridgehead atoms. The summed E-state index contributed by atoms with van der Waals surface area (Å²) in [5.41, 5.74) is 9.04. The quantitative estimate of drug-likeness (QED) is 0.741. The molecule has 1 aliphatic rings. The van der Waals surface area contributed by atoms with E-state index in [1.54, 1.807) is 6.20 Å². The monoisotopic (exact) mass is 350 g/mol. The molecule has 3 rings (SSSR count). The standard InChI is InChI=1S/C20H26N6/c1-13-5-4-6-14(9-13)7-8-23-19-24-12-15(11-21)18(26-19)25-17-10-16(22)20(17,2)3/h4-6,9,12,16-17H,7-8,10,22H2,1-3H3,(H2,23,24,25,26)/t16-,17+/m1/s1. The van der Waals surface area contributed by atoms with Gasteiger partial charge in [-0.05, 0) is 25.3 Å². The molecule has 2 atom stereocenters. The molecule has 26 heavy (non-hydrogen) atoms. The highest BCUT2D eigenvalue weighted by molar-refractivity contribution is 5.54. The lowest BCUT2D eigenvalue weighted by Crippen LogP contribution is -2.61. The summed E-state index contributed by atoms with van der Waals surface area (Å²) in [6, 6.07) is 11.0. The zero-order chi connectivity index (χ0) is 18.7. The molecular weight excluding hydrogens is 324 g/mol. The van der Waals surface area contributed by atoms with Gasteiger partial charge in [0.2, 0.25) is 5.95 Å². The number of hydrogen-bond donors (Lipinski definition) is 3. The van der Waals surface area contributed by atoms with Crippen LogP contribution in [-0.4, -0.2) is 28.6 Å². The molecular formula is C20H26N6. The van der Waals surface area contributed by atoms with Gasteiger partial charge in [0.1, 0.15) is 17.5 Å². The number of nitriles is 1. The molecule has 136 valence electrons. The Morgan fingerprint density at radius 3 is 2.85 bits per heavy atom. The van der Waals surface area contributed by atoms with Gasteiger partial charge in [-0.3, -0.25) is 0 Å². The van der Waals surface area contributed by atoms with E-state index in [1.165, 1.54) is 11.1 Å². The minimum atomic E-state index is -0.0174. The first kappa shape index (κ1) is 18.2. The number of aryl methyl sites for hydroxylation is 1. The Hall–Kier alpha value is -2.65. The van der Waals surface area contributed by atoms with Crippen molar-refractivity contribution in [3.8, 4) is 6.07 Å². The van der Waals surface area contributed by atoms with Crippen LogP contribution in [0.25, 0.3) is 0 Å². The van der Waals surface area contributed by atoms with E-state index in [2.05, 4.69) is 71.7 Å². The average molecular weight is 350 g/mol. The van der Waals surface area contributed by atoms with Gasteiger partial charge in [0.15, 0.2) is 0 Å². The Morgan fingerprint density at radius 2 is 2.19 bits per heavy atom. The van der Waals surface area contributed by atoms with E-state index in [4.69, 9.17) is 5.73 Å². The maximum atomic E-state index is 9.33. The van der Waals surface area contributed by atoms with Crippen LogP contribution in [0.15, 0.2) is 30.5 Å². The molecule has 0 amide bonds. The molecule has 1 saturated carbocycles. The van der Waals surface area contributed by atoms with E-state index in [0.717, 1.165) is 19.4 Å². The molecule has 0 saturated heterocycles. The average Bonchev–Trinajstić information content (AvgIpc) is 2.62. The zero-order valence-electron chi connectivity index (χ0n) is 15.6. The SMILES string of the molecule is Cc1cccc(CCNc2ncc(C#N)c(N[C@H]3C[C@@H](N)C3(C)C)n2)c1. The Balaban J connectivity index is 1.65. The first-order valence-corrected chi connectivity index (χ1v) is 8.99. The number of nitrogens with two attached hydrogens (primary N) is 1. The lowest BCUT2D eigenvalue weighted by molar-refractivity contribution is 0.117. The molecule has 6 heteroatoms. The van der Waals surface area contributed by atoms with Crippen molar-refractivity contribution in [2.75, 3.05) is 17.2 Å². The van der Waals surface area contributed by atoms with Crippen LogP contribution in [0, 0.1) is 23.7 Å². The van der Waals surface area contributed by atoms with Crippen molar-refractivity contribution in [1.29, 1.82) is 5.26 Å². The third-order valence-corrected chi connectivity index (χ3v) is 5.34. The van der Waals surface area contributed by atoms with Gasteiger partial charge in [-0.15, -0.1) is 0 Å². The van der Waals surface area contributed by atoms with Gasteiger partial charge in [-0.1, -0.05) is 43.7 Å². The minimum Gasteiger partial charge on any atom is -0.365 e. The second kappa shape index (κ2) is 7.30. The highest BCUT2D eigenvalue weighted by Crippen LogP contribution is 2.41. The van der Waals surface area contributed by atoms with Gasteiger partial charge >= 0.3 is 0 Å². The number of hydrogen-bond acceptors (Lipinski definition) is 6. The molecule has 0 aliphatic heterocycles. The van der Waals surface area contributed by atoms with E-state index in [0.29, 0.717) is 17.3 Å².